The van der Waals surface area contributed by atoms with Gasteiger partial charge in [0.15, 0.2) is 11.5 Å². The van der Waals surface area contributed by atoms with Crippen molar-refractivity contribution in [2.24, 2.45) is 0 Å². The SMILES string of the molecule is COc1cc(/C=C2\SC(=O)N(Cc3ccc4ccccc4c3)C2=O)cc(I)c1OC(=O)c1ccccc1Cl. The molecule has 4 aromatic carbocycles. The number of imide groups is 1. The molecule has 4 aromatic rings. The molecule has 1 aliphatic rings. The Morgan fingerprint density at radius 2 is 1.74 bits per heavy atom. The van der Waals surface area contributed by atoms with Gasteiger partial charge in [-0.15, -0.1) is 0 Å². The molecule has 0 radical (unpaired) electrons. The van der Waals surface area contributed by atoms with E-state index in [4.69, 9.17) is 21.1 Å². The van der Waals surface area contributed by atoms with E-state index < -0.39 is 5.97 Å². The summed E-state index contributed by atoms with van der Waals surface area (Å²) >= 11 is 9.04. The van der Waals surface area contributed by atoms with Gasteiger partial charge in [0.2, 0.25) is 0 Å². The van der Waals surface area contributed by atoms with Crippen LogP contribution in [0.3, 0.4) is 0 Å². The van der Waals surface area contributed by atoms with Crippen molar-refractivity contribution < 1.29 is 23.9 Å². The zero-order valence-corrected chi connectivity index (χ0v) is 23.7. The van der Waals surface area contributed by atoms with Gasteiger partial charge < -0.3 is 9.47 Å². The number of nitrogens with zero attached hydrogens (tertiary/aromatic N) is 1. The van der Waals surface area contributed by atoms with Crippen molar-refractivity contribution in [1.29, 1.82) is 0 Å². The third kappa shape index (κ3) is 5.43. The van der Waals surface area contributed by atoms with Crippen LogP contribution in [0.4, 0.5) is 4.79 Å². The number of esters is 1. The van der Waals surface area contributed by atoms with Crippen LogP contribution in [0.15, 0.2) is 83.8 Å². The Hall–Kier alpha value is -3.34. The first-order valence-corrected chi connectivity index (χ1v) is 13.7. The van der Waals surface area contributed by atoms with Crippen molar-refractivity contribution >= 4 is 79.9 Å². The molecule has 0 saturated carbocycles. The number of rotatable bonds is 6. The van der Waals surface area contributed by atoms with E-state index in [0.717, 1.165) is 28.1 Å². The Kier molecular flexibility index (Phi) is 7.73. The number of methoxy groups -OCH3 is 1. The number of hydrogen-bond acceptors (Lipinski definition) is 6. The second kappa shape index (κ2) is 11.2. The van der Waals surface area contributed by atoms with Gasteiger partial charge >= 0.3 is 5.97 Å². The van der Waals surface area contributed by atoms with Crippen molar-refractivity contribution in [3.63, 3.8) is 0 Å². The molecule has 0 aromatic heterocycles. The number of carbonyl (C=O) groups is 3. The highest BCUT2D eigenvalue weighted by Gasteiger charge is 2.35. The first kappa shape index (κ1) is 26.3. The molecule has 190 valence electrons. The number of benzene rings is 4. The molecule has 0 unspecified atom stereocenters. The van der Waals surface area contributed by atoms with E-state index in [9.17, 15) is 14.4 Å². The summed E-state index contributed by atoms with van der Waals surface area (Å²) in [5.41, 5.74) is 1.73. The maximum atomic E-state index is 13.1. The molecule has 1 heterocycles. The number of hydrogen-bond donors (Lipinski definition) is 0. The summed E-state index contributed by atoms with van der Waals surface area (Å²) in [6.45, 7) is 0.185. The van der Waals surface area contributed by atoms with Gasteiger partial charge in [0, 0.05) is 0 Å². The van der Waals surface area contributed by atoms with Gasteiger partial charge in [0.25, 0.3) is 11.1 Å². The van der Waals surface area contributed by atoms with E-state index in [2.05, 4.69) is 0 Å². The topological polar surface area (TPSA) is 72.9 Å². The van der Waals surface area contributed by atoms with Crippen LogP contribution in [0.5, 0.6) is 11.5 Å². The van der Waals surface area contributed by atoms with E-state index in [1.165, 1.54) is 12.0 Å². The molecule has 0 aliphatic carbocycles. The van der Waals surface area contributed by atoms with Crippen molar-refractivity contribution in [1.82, 2.24) is 4.90 Å². The molecule has 2 amide bonds. The monoisotopic (exact) mass is 655 g/mol. The quantitative estimate of drug-likeness (QED) is 0.0924. The fourth-order valence-electron chi connectivity index (χ4n) is 4.00. The first-order chi connectivity index (χ1) is 18.3. The maximum absolute atomic E-state index is 13.1. The molecule has 1 aliphatic heterocycles. The highest BCUT2D eigenvalue weighted by molar-refractivity contribution is 14.1. The molecule has 0 atom stereocenters. The molecule has 5 rings (SSSR count). The van der Waals surface area contributed by atoms with E-state index >= 15 is 0 Å². The van der Waals surface area contributed by atoms with Gasteiger partial charge in [-0.2, -0.15) is 0 Å². The minimum absolute atomic E-state index is 0.185. The van der Waals surface area contributed by atoms with Gasteiger partial charge in [0.05, 0.1) is 32.7 Å². The zero-order valence-electron chi connectivity index (χ0n) is 19.9. The highest BCUT2D eigenvalue weighted by Crippen LogP contribution is 2.38. The van der Waals surface area contributed by atoms with Crippen LogP contribution in [0.1, 0.15) is 21.5 Å². The Morgan fingerprint density at radius 3 is 2.50 bits per heavy atom. The van der Waals surface area contributed by atoms with Gasteiger partial charge in [0.1, 0.15) is 0 Å². The lowest BCUT2D eigenvalue weighted by Crippen LogP contribution is -2.27. The molecule has 1 saturated heterocycles. The van der Waals surface area contributed by atoms with Crippen LogP contribution in [-0.4, -0.2) is 29.1 Å². The van der Waals surface area contributed by atoms with Crippen LogP contribution >= 0.6 is 46.0 Å². The second-order valence-electron chi connectivity index (χ2n) is 8.35. The fraction of sp³-hybridized carbons (Fsp3) is 0.0690. The third-order valence-electron chi connectivity index (χ3n) is 5.87. The normalized spacial score (nSPS) is 14.4. The number of fused-ring (bicyclic) bond motifs is 1. The van der Waals surface area contributed by atoms with E-state index in [1.807, 2.05) is 65.1 Å². The fourth-order valence-corrected chi connectivity index (χ4v) is 5.79. The molecular weight excluding hydrogens is 637 g/mol. The summed E-state index contributed by atoms with van der Waals surface area (Å²) in [6.07, 6.45) is 1.63. The Morgan fingerprint density at radius 1 is 1.00 bits per heavy atom. The summed E-state index contributed by atoms with van der Waals surface area (Å²) in [5, 5.41) is 2.09. The summed E-state index contributed by atoms with van der Waals surface area (Å²) in [7, 11) is 1.46. The van der Waals surface area contributed by atoms with E-state index in [-0.39, 0.29) is 34.0 Å². The van der Waals surface area contributed by atoms with Gasteiger partial charge in [-0.05, 0) is 92.7 Å². The van der Waals surface area contributed by atoms with Crippen molar-refractivity contribution in [2.75, 3.05) is 7.11 Å². The lowest BCUT2D eigenvalue weighted by Gasteiger charge is -2.13. The van der Waals surface area contributed by atoms with Crippen LogP contribution in [-0.2, 0) is 11.3 Å². The molecule has 38 heavy (non-hydrogen) atoms. The maximum Gasteiger partial charge on any atom is 0.345 e. The smallest absolute Gasteiger partial charge is 0.345 e. The van der Waals surface area contributed by atoms with E-state index in [1.54, 1.807) is 42.5 Å². The molecule has 9 heteroatoms. The number of halogens is 2. The summed E-state index contributed by atoms with van der Waals surface area (Å²) < 4.78 is 11.7. The Labute approximate surface area is 241 Å². The second-order valence-corrected chi connectivity index (χ2v) is 10.9. The molecule has 0 N–H and O–H groups in total. The standard InChI is InChI=1S/C29H19ClINO5S/c1-36-24-14-18(13-23(31)26(24)37-28(34)21-8-4-5-9-22(21)30)15-25-27(33)32(29(35)38-25)16-17-10-11-19-6-2-3-7-20(19)12-17/h2-15H,16H2,1H3/b25-15-. The average molecular weight is 656 g/mol. The van der Waals surface area contributed by atoms with Crippen LogP contribution in [0, 0.1) is 3.57 Å². The number of ether oxygens (including phenoxy) is 2. The average Bonchev–Trinajstić information content (AvgIpc) is 3.17. The molecule has 6 nitrogen and oxygen atoms in total. The number of carbonyl (C=O) groups excluding carboxylic acids is 3. The van der Waals surface area contributed by atoms with Gasteiger partial charge in [-0.1, -0.05) is 60.1 Å². The minimum Gasteiger partial charge on any atom is -0.493 e. The number of thioether (sulfide) groups is 1. The van der Waals surface area contributed by atoms with Crippen LogP contribution in [0.25, 0.3) is 16.8 Å². The Bertz CT molecular complexity index is 1640. The van der Waals surface area contributed by atoms with Gasteiger partial charge in [-0.3, -0.25) is 14.5 Å². The van der Waals surface area contributed by atoms with Gasteiger partial charge in [-0.25, -0.2) is 4.79 Å². The van der Waals surface area contributed by atoms with Crippen molar-refractivity contribution in [3.05, 3.63) is 109 Å². The van der Waals surface area contributed by atoms with Crippen LogP contribution < -0.4 is 9.47 Å². The van der Waals surface area contributed by atoms with Crippen molar-refractivity contribution in [2.45, 2.75) is 6.54 Å². The molecule has 0 bridgehead atoms. The largest absolute Gasteiger partial charge is 0.493 e. The summed E-state index contributed by atoms with van der Waals surface area (Å²) in [5.74, 6) is -0.441. The molecule has 0 spiro atoms. The lowest BCUT2D eigenvalue weighted by atomic mass is 10.1. The Balaban J connectivity index is 1.37. The van der Waals surface area contributed by atoms with Crippen molar-refractivity contribution in [3.8, 4) is 11.5 Å². The zero-order chi connectivity index (χ0) is 26.8. The molecular formula is C29H19ClINO5S. The molecule has 1 fully saturated rings. The minimum atomic E-state index is -0.616. The summed E-state index contributed by atoms with van der Waals surface area (Å²) in [4.78, 5) is 40.1. The predicted octanol–water partition coefficient (Wildman–Crippen LogP) is 7.56. The first-order valence-electron chi connectivity index (χ1n) is 11.4. The third-order valence-corrected chi connectivity index (χ3v) is 7.90. The predicted molar refractivity (Wildman–Crippen MR) is 158 cm³/mol. The summed E-state index contributed by atoms with van der Waals surface area (Å²) in [6, 6.07) is 23.8. The van der Waals surface area contributed by atoms with E-state index in [0.29, 0.717) is 19.8 Å². The number of amides is 2. The lowest BCUT2D eigenvalue weighted by molar-refractivity contribution is -0.123. The highest BCUT2D eigenvalue weighted by atomic mass is 127. The van der Waals surface area contributed by atoms with Crippen LogP contribution in [0.2, 0.25) is 5.02 Å².